The van der Waals surface area contributed by atoms with Gasteiger partial charge in [-0.2, -0.15) is 0 Å². The summed E-state index contributed by atoms with van der Waals surface area (Å²) in [4.78, 5) is 13.7. The van der Waals surface area contributed by atoms with Crippen molar-refractivity contribution in [2.75, 3.05) is 6.54 Å². The molecule has 0 aliphatic carbocycles. The third-order valence-electron chi connectivity index (χ3n) is 3.29. The summed E-state index contributed by atoms with van der Waals surface area (Å²) < 4.78 is 3.61. The lowest BCUT2D eigenvalue weighted by atomic mass is 9.94. The Morgan fingerprint density at radius 1 is 1.60 bits per heavy atom. The number of alkyl halides is 3. The topological polar surface area (TPSA) is 29.5 Å². The van der Waals surface area contributed by atoms with Gasteiger partial charge < -0.3 is 4.74 Å². The number of hydrogen-bond acceptors (Lipinski definition) is 3. The van der Waals surface area contributed by atoms with Gasteiger partial charge in [0.1, 0.15) is 5.54 Å². The van der Waals surface area contributed by atoms with Gasteiger partial charge in [0.15, 0.2) is 0 Å². The third-order valence-corrected chi connectivity index (χ3v) is 3.85. The minimum atomic E-state index is -1.57. The molecule has 0 unspecified atom stereocenters. The van der Waals surface area contributed by atoms with Gasteiger partial charge in [0.05, 0.1) is 0 Å². The maximum atomic E-state index is 11.8. The summed E-state index contributed by atoms with van der Waals surface area (Å²) in [6.07, 6.45) is 1.69. The minimum Gasteiger partial charge on any atom is -0.440 e. The van der Waals surface area contributed by atoms with E-state index >= 15 is 0 Å². The highest BCUT2D eigenvalue weighted by Gasteiger charge is 2.61. The normalized spacial score (nSPS) is 36.8. The smallest absolute Gasteiger partial charge is 0.328 e. The summed E-state index contributed by atoms with van der Waals surface area (Å²) in [6, 6.07) is 0. The fourth-order valence-corrected chi connectivity index (χ4v) is 2.99. The Kier molecular flexibility index (Phi) is 2.87. The van der Waals surface area contributed by atoms with Crippen LogP contribution in [0.5, 0.6) is 0 Å². The molecular formula is C9H12Cl3NO2. The maximum Gasteiger partial charge on any atom is 0.328 e. The summed E-state index contributed by atoms with van der Waals surface area (Å²) in [5, 5.41) is 0. The average Bonchev–Trinajstić information content (AvgIpc) is 2.64. The first-order valence-electron chi connectivity index (χ1n) is 4.96. The molecule has 6 heteroatoms. The number of cyclic esters (lactones) is 1. The standard InChI is InChI=1S/C9H12Cl3NO2/c1-2-8-4-3-5-13(8)6(9(10,11)12)15-7(8)14/h6H,2-5H2,1H3/t6-,8+/m1/s1. The Morgan fingerprint density at radius 3 is 2.80 bits per heavy atom. The molecule has 2 saturated heterocycles. The Balaban J connectivity index is 2.32. The van der Waals surface area contributed by atoms with E-state index in [0.29, 0.717) is 6.42 Å². The minimum absolute atomic E-state index is 0.251. The molecule has 86 valence electrons. The second kappa shape index (κ2) is 3.66. The van der Waals surface area contributed by atoms with E-state index < -0.39 is 15.6 Å². The molecule has 0 bridgehead atoms. The lowest BCUT2D eigenvalue weighted by Crippen LogP contribution is -2.48. The van der Waals surface area contributed by atoms with Gasteiger partial charge in [-0.3, -0.25) is 0 Å². The molecule has 2 atom stereocenters. The van der Waals surface area contributed by atoms with Crippen molar-refractivity contribution in [2.24, 2.45) is 0 Å². The summed E-state index contributed by atoms with van der Waals surface area (Å²) in [5.74, 6) is -0.251. The number of fused-ring (bicyclic) bond motifs is 1. The molecule has 2 aliphatic heterocycles. The van der Waals surface area contributed by atoms with Crippen molar-refractivity contribution in [3.63, 3.8) is 0 Å². The second-order valence-corrected chi connectivity index (χ2v) is 6.35. The molecule has 0 N–H and O–H groups in total. The SMILES string of the molecule is CC[C@@]12CCCN1[C@@H](C(Cl)(Cl)Cl)OC2=O. The Labute approximate surface area is 104 Å². The monoisotopic (exact) mass is 271 g/mol. The highest BCUT2D eigenvalue weighted by Crippen LogP contribution is 2.47. The third kappa shape index (κ3) is 1.64. The number of hydrogen-bond donors (Lipinski definition) is 0. The van der Waals surface area contributed by atoms with Crippen LogP contribution in [0.1, 0.15) is 26.2 Å². The Hall–Kier alpha value is 0.300. The lowest BCUT2D eigenvalue weighted by molar-refractivity contribution is -0.145. The van der Waals surface area contributed by atoms with Gasteiger partial charge in [0, 0.05) is 6.54 Å². The molecule has 0 radical (unpaired) electrons. The van der Waals surface area contributed by atoms with E-state index in [4.69, 9.17) is 39.5 Å². The first kappa shape index (κ1) is 11.8. The summed E-state index contributed by atoms with van der Waals surface area (Å²) >= 11 is 17.4. The van der Waals surface area contributed by atoms with Crippen LogP contribution in [0.2, 0.25) is 0 Å². The first-order valence-corrected chi connectivity index (χ1v) is 6.10. The Bertz CT molecular complexity index is 292. The molecule has 15 heavy (non-hydrogen) atoms. The number of esters is 1. The summed E-state index contributed by atoms with van der Waals surface area (Å²) in [6.45, 7) is 2.71. The second-order valence-electron chi connectivity index (χ2n) is 3.98. The molecule has 0 aromatic heterocycles. The van der Waals surface area contributed by atoms with Crippen LogP contribution in [0.15, 0.2) is 0 Å². The van der Waals surface area contributed by atoms with Gasteiger partial charge in [0.25, 0.3) is 0 Å². The van der Waals surface area contributed by atoms with E-state index in [1.165, 1.54) is 0 Å². The fraction of sp³-hybridized carbons (Fsp3) is 0.889. The summed E-state index contributed by atoms with van der Waals surface area (Å²) in [5.41, 5.74) is -0.547. The van der Waals surface area contributed by atoms with Crippen molar-refractivity contribution < 1.29 is 9.53 Å². The van der Waals surface area contributed by atoms with Crippen LogP contribution in [0, 0.1) is 0 Å². The van der Waals surface area contributed by atoms with Crippen molar-refractivity contribution in [1.29, 1.82) is 0 Å². The van der Waals surface area contributed by atoms with Crippen LogP contribution in [0.3, 0.4) is 0 Å². The predicted molar refractivity (Wildman–Crippen MR) is 59.1 cm³/mol. The molecule has 2 aliphatic rings. The van der Waals surface area contributed by atoms with Crippen LogP contribution < -0.4 is 0 Å². The molecule has 0 aromatic rings. The molecule has 2 rings (SSSR count). The zero-order chi connectivity index (χ0) is 11.3. The Morgan fingerprint density at radius 2 is 2.27 bits per heavy atom. The van der Waals surface area contributed by atoms with E-state index in [1.54, 1.807) is 0 Å². The average molecular weight is 273 g/mol. The van der Waals surface area contributed by atoms with Crippen LogP contribution >= 0.6 is 34.8 Å². The first-order chi connectivity index (χ1) is 6.92. The van der Waals surface area contributed by atoms with Gasteiger partial charge in [-0.05, 0) is 19.3 Å². The van der Waals surface area contributed by atoms with E-state index in [1.807, 2.05) is 11.8 Å². The van der Waals surface area contributed by atoms with E-state index in [2.05, 4.69) is 0 Å². The van der Waals surface area contributed by atoms with Crippen LogP contribution in [0.25, 0.3) is 0 Å². The number of halogens is 3. The fourth-order valence-electron chi connectivity index (χ4n) is 2.50. The van der Waals surface area contributed by atoms with Crippen LogP contribution in [0.4, 0.5) is 0 Å². The van der Waals surface area contributed by atoms with Crippen molar-refractivity contribution >= 4 is 40.8 Å². The number of rotatable bonds is 1. The molecule has 0 amide bonds. The quantitative estimate of drug-likeness (QED) is 0.542. The van der Waals surface area contributed by atoms with Gasteiger partial charge in [0.2, 0.25) is 10.0 Å². The van der Waals surface area contributed by atoms with E-state index in [0.717, 1.165) is 19.4 Å². The van der Waals surface area contributed by atoms with Crippen LogP contribution in [-0.2, 0) is 9.53 Å². The lowest BCUT2D eigenvalue weighted by Gasteiger charge is -2.31. The van der Waals surface area contributed by atoms with Gasteiger partial charge >= 0.3 is 5.97 Å². The van der Waals surface area contributed by atoms with Crippen molar-refractivity contribution in [3.8, 4) is 0 Å². The largest absolute Gasteiger partial charge is 0.440 e. The van der Waals surface area contributed by atoms with E-state index in [9.17, 15) is 4.79 Å². The highest BCUT2D eigenvalue weighted by molar-refractivity contribution is 6.68. The molecule has 0 saturated carbocycles. The van der Waals surface area contributed by atoms with Gasteiger partial charge in [-0.25, -0.2) is 9.69 Å². The molecule has 2 heterocycles. The molecule has 0 aromatic carbocycles. The molecule has 3 nitrogen and oxygen atoms in total. The number of nitrogens with zero attached hydrogens (tertiary/aromatic N) is 1. The molecule has 2 fully saturated rings. The van der Waals surface area contributed by atoms with Crippen molar-refractivity contribution in [1.82, 2.24) is 4.90 Å². The zero-order valence-electron chi connectivity index (χ0n) is 8.30. The number of ether oxygens (including phenoxy) is 1. The number of carbonyl (C=O) groups is 1. The maximum absolute atomic E-state index is 11.8. The number of carbonyl (C=O) groups excluding carboxylic acids is 1. The van der Waals surface area contributed by atoms with Crippen molar-refractivity contribution in [2.45, 2.75) is 41.7 Å². The zero-order valence-corrected chi connectivity index (χ0v) is 10.6. The van der Waals surface area contributed by atoms with Gasteiger partial charge in [-0.15, -0.1) is 0 Å². The molecule has 0 spiro atoms. The summed E-state index contributed by atoms with van der Waals surface area (Å²) in [7, 11) is 0. The predicted octanol–water partition coefficient (Wildman–Crippen LogP) is 2.48. The molecular weight excluding hydrogens is 260 g/mol. The van der Waals surface area contributed by atoms with Crippen LogP contribution in [-0.4, -0.2) is 33.0 Å². The van der Waals surface area contributed by atoms with Gasteiger partial charge in [-0.1, -0.05) is 41.7 Å². The van der Waals surface area contributed by atoms with E-state index in [-0.39, 0.29) is 5.97 Å². The highest BCUT2D eigenvalue weighted by atomic mass is 35.6. The van der Waals surface area contributed by atoms with Crippen molar-refractivity contribution in [3.05, 3.63) is 0 Å².